The Kier molecular flexibility index (Phi) is 3.16. The molecule has 5 heteroatoms. The zero-order valence-corrected chi connectivity index (χ0v) is 10.8. The van der Waals surface area contributed by atoms with E-state index in [0.29, 0.717) is 30.1 Å². The van der Waals surface area contributed by atoms with Crippen LogP contribution in [0.15, 0.2) is 0 Å². The Balaban J connectivity index is 2.39. The van der Waals surface area contributed by atoms with Crippen molar-refractivity contribution in [2.75, 3.05) is 17.2 Å². The number of aromatic amines is 1. The van der Waals surface area contributed by atoms with Crippen LogP contribution in [0.2, 0.25) is 0 Å². The van der Waals surface area contributed by atoms with Crippen molar-refractivity contribution in [2.45, 2.75) is 20.3 Å². The Hall–Kier alpha value is -1.41. The zero-order valence-electron chi connectivity index (χ0n) is 9.95. The second-order valence-corrected chi connectivity index (χ2v) is 4.83. The molecule has 1 amide bonds. The van der Waals surface area contributed by atoms with Gasteiger partial charge in [0.05, 0.1) is 5.56 Å². The molecule has 0 spiro atoms. The molecule has 1 unspecified atom stereocenters. The molecule has 1 aromatic heterocycles. The van der Waals surface area contributed by atoms with Crippen LogP contribution in [0.1, 0.15) is 23.2 Å². The molecule has 1 aliphatic rings. The SMILES string of the molecule is Cc1[nH]c(N2CC(CS)CC2=O)c(C#N)c1C. The van der Waals surface area contributed by atoms with Crippen LogP contribution < -0.4 is 4.90 Å². The number of H-pyrrole nitrogens is 1. The number of aryl methyl sites for hydroxylation is 1. The van der Waals surface area contributed by atoms with Gasteiger partial charge in [0, 0.05) is 18.7 Å². The summed E-state index contributed by atoms with van der Waals surface area (Å²) in [7, 11) is 0. The fourth-order valence-corrected chi connectivity index (χ4v) is 2.40. The number of amides is 1. The van der Waals surface area contributed by atoms with Crippen LogP contribution in [0.3, 0.4) is 0 Å². The molecule has 0 aliphatic carbocycles. The zero-order chi connectivity index (χ0) is 12.6. The third-order valence-corrected chi connectivity index (χ3v) is 3.84. The molecule has 0 saturated carbocycles. The molecule has 2 rings (SSSR count). The summed E-state index contributed by atoms with van der Waals surface area (Å²) in [5, 5.41) is 9.16. The molecule has 1 aromatic rings. The lowest BCUT2D eigenvalue weighted by Crippen LogP contribution is -2.25. The molecule has 90 valence electrons. The highest BCUT2D eigenvalue weighted by Gasteiger charge is 2.32. The van der Waals surface area contributed by atoms with Gasteiger partial charge in [0.25, 0.3) is 0 Å². The Morgan fingerprint density at radius 1 is 1.59 bits per heavy atom. The van der Waals surface area contributed by atoms with E-state index in [1.807, 2.05) is 13.8 Å². The highest BCUT2D eigenvalue weighted by Crippen LogP contribution is 2.30. The molecule has 1 aliphatic heterocycles. The fraction of sp³-hybridized carbons (Fsp3) is 0.500. The lowest BCUT2D eigenvalue weighted by Gasteiger charge is -2.15. The van der Waals surface area contributed by atoms with E-state index in [1.54, 1.807) is 4.90 Å². The number of thiol groups is 1. The van der Waals surface area contributed by atoms with E-state index in [9.17, 15) is 4.79 Å². The summed E-state index contributed by atoms with van der Waals surface area (Å²) in [6.07, 6.45) is 0.519. The van der Waals surface area contributed by atoms with Crippen molar-refractivity contribution in [1.29, 1.82) is 5.26 Å². The number of aromatic nitrogens is 1. The number of hydrogen-bond acceptors (Lipinski definition) is 3. The predicted octanol–water partition coefficient (Wildman–Crippen LogP) is 1.79. The van der Waals surface area contributed by atoms with E-state index in [-0.39, 0.29) is 11.8 Å². The first-order valence-electron chi connectivity index (χ1n) is 5.59. The van der Waals surface area contributed by atoms with Gasteiger partial charge in [-0.05, 0) is 31.1 Å². The van der Waals surface area contributed by atoms with Crippen molar-refractivity contribution in [2.24, 2.45) is 5.92 Å². The van der Waals surface area contributed by atoms with Gasteiger partial charge >= 0.3 is 0 Å². The Bertz CT molecular complexity index is 501. The largest absolute Gasteiger partial charge is 0.344 e. The van der Waals surface area contributed by atoms with Crippen LogP contribution in [-0.2, 0) is 4.79 Å². The summed E-state index contributed by atoms with van der Waals surface area (Å²) in [6.45, 7) is 4.46. The Morgan fingerprint density at radius 2 is 2.29 bits per heavy atom. The molecule has 1 saturated heterocycles. The van der Waals surface area contributed by atoms with Gasteiger partial charge in [0.2, 0.25) is 5.91 Å². The van der Waals surface area contributed by atoms with E-state index in [4.69, 9.17) is 5.26 Å². The molecule has 1 fully saturated rings. The van der Waals surface area contributed by atoms with Crippen molar-refractivity contribution >= 4 is 24.4 Å². The van der Waals surface area contributed by atoms with Crippen LogP contribution in [0.4, 0.5) is 5.82 Å². The lowest BCUT2D eigenvalue weighted by atomic mass is 10.1. The van der Waals surface area contributed by atoms with E-state index in [2.05, 4.69) is 23.7 Å². The molecular weight excluding hydrogens is 234 g/mol. The van der Waals surface area contributed by atoms with Gasteiger partial charge < -0.3 is 4.98 Å². The Morgan fingerprint density at radius 3 is 2.82 bits per heavy atom. The standard InChI is InChI=1S/C12H15N3OS/c1-7-8(2)14-12(10(7)4-13)15-5-9(6-17)3-11(15)16/h9,14,17H,3,5-6H2,1-2H3. The third-order valence-electron chi connectivity index (χ3n) is 3.33. The van der Waals surface area contributed by atoms with Crippen molar-refractivity contribution in [3.63, 3.8) is 0 Å². The van der Waals surface area contributed by atoms with Crippen molar-refractivity contribution in [1.82, 2.24) is 4.98 Å². The van der Waals surface area contributed by atoms with Crippen LogP contribution in [0.25, 0.3) is 0 Å². The normalized spacial score (nSPS) is 19.8. The number of rotatable bonds is 2. The molecule has 1 N–H and O–H groups in total. The maximum absolute atomic E-state index is 11.9. The topological polar surface area (TPSA) is 59.9 Å². The first-order valence-corrected chi connectivity index (χ1v) is 6.22. The molecule has 17 heavy (non-hydrogen) atoms. The van der Waals surface area contributed by atoms with Crippen molar-refractivity contribution in [3.05, 3.63) is 16.8 Å². The quantitative estimate of drug-likeness (QED) is 0.785. The van der Waals surface area contributed by atoms with Gasteiger partial charge in [-0.3, -0.25) is 9.69 Å². The van der Waals surface area contributed by atoms with Crippen molar-refractivity contribution in [3.8, 4) is 6.07 Å². The number of carbonyl (C=O) groups excluding carboxylic acids is 1. The Labute approximate surface area is 106 Å². The average Bonchev–Trinajstić information content (AvgIpc) is 2.81. The monoisotopic (exact) mass is 249 g/mol. The number of nitriles is 1. The minimum Gasteiger partial charge on any atom is -0.344 e. The second kappa shape index (κ2) is 4.46. The molecule has 0 aromatic carbocycles. The molecule has 1 atom stereocenters. The van der Waals surface area contributed by atoms with Gasteiger partial charge in [0.15, 0.2) is 0 Å². The summed E-state index contributed by atoms with van der Waals surface area (Å²) < 4.78 is 0. The van der Waals surface area contributed by atoms with Crippen LogP contribution in [0.5, 0.6) is 0 Å². The summed E-state index contributed by atoms with van der Waals surface area (Å²) in [4.78, 5) is 16.7. The second-order valence-electron chi connectivity index (χ2n) is 4.47. The molecular formula is C12H15N3OS. The number of nitrogens with zero attached hydrogens (tertiary/aromatic N) is 2. The maximum atomic E-state index is 11.9. The predicted molar refractivity (Wildman–Crippen MR) is 69.3 cm³/mol. The summed E-state index contributed by atoms with van der Waals surface area (Å²) in [5.41, 5.74) is 2.44. The van der Waals surface area contributed by atoms with Crippen molar-refractivity contribution < 1.29 is 4.79 Å². The van der Waals surface area contributed by atoms with Gasteiger partial charge in [0.1, 0.15) is 11.9 Å². The third kappa shape index (κ3) is 1.93. The highest BCUT2D eigenvalue weighted by molar-refractivity contribution is 7.80. The van der Waals surface area contributed by atoms with Gasteiger partial charge in [-0.2, -0.15) is 17.9 Å². The minimum atomic E-state index is 0.0711. The van der Waals surface area contributed by atoms with E-state index >= 15 is 0 Å². The average molecular weight is 249 g/mol. The fourth-order valence-electron chi connectivity index (χ4n) is 2.16. The van der Waals surface area contributed by atoms with Gasteiger partial charge in [-0.25, -0.2) is 0 Å². The maximum Gasteiger partial charge on any atom is 0.228 e. The molecule has 0 radical (unpaired) electrons. The van der Waals surface area contributed by atoms with E-state index in [0.717, 1.165) is 11.3 Å². The number of nitrogens with one attached hydrogen (secondary N) is 1. The number of carbonyl (C=O) groups is 1. The smallest absolute Gasteiger partial charge is 0.228 e. The summed E-state index contributed by atoms with van der Waals surface area (Å²) in [5.74, 6) is 1.70. The summed E-state index contributed by atoms with van der Waals surface area (Å²) >= 11 is 4.23. The van der Waals surface area contributed by atoms with Crippen LogP contribution in [-0.4, -0.2) is 23.2 Å². The highest BCUT2D eigenvalue weighted by atomic mass is 32.1. The first-order chi connectivity index (χ1) is 8.08. The minimum absolute atomic E-state index is 0.0711. The number of hydrogen-bond donors (Lipinski definition) is 2. The van der Waals surface area contributed by atoms with E-state index in [1.165, 1.54) is 0 Å². The van der Waals surface area contributed by atoms with Crippen LogP contribution >= 0.6 is 12.6 Å². The summed E-state index contributed by atoms with van der Waals surface area (Å²) in [6, 6.07) is 2.17. The van der Waals surface area contributed by atoms with Gasteiger partial charge in [-0.15, -0.1) is 0 Å². The number of anilines is 1. The molecule has 2 heterocycles. The first kappa shape index (κ1) is 12.1. The van der Waals surface area contributed by atoms with Gasteiger partial charge in [-0.1, -0.05) is 0 Å². The molecule has 0 bridgehead atoms. The van der Waals surface area contributed by atoms with E-state index < -0.39 is 0 Å². The van der Waals surface area contributed by atoms with Crippen LogP contribution in [0, 0.1) is 31.1 Å². The molecule has 4 nitrogen and oxygen atoms in total. The lowest BCUT2D eigenvalue weighted by molar-refractivity contribution is -0.117.